The number of hydrogen-bond acceptors (Lipinski definition) is 4. The smallest absolute Gasteiger partial charge is 0.0924 e. The van der Waals surface area contributed by atoms with Crippen LogP contribution in [-0.4, -0.2) is 16.6 Å². The van der Waals surface area contributed by atoms with Crippen LogP contribution < -0.4 is 5.32 Å². The van der Waals surface area contributed by atoms with Crippen molar-refractivity contribution in [2.24, 2.45) is 0 Å². The van der Waals surface area contributed by atoms with Crippen molar-refractivity contribution in [3.8, 4) is 0 Å². The Morgan fingerprint density at radius 2 is 1.88 bits per heavy atom. The molecule has 0 fully saturated rings. The molecule has 0 amide bonds. The Balaban J connectivity index is 2.04. The lowest BCUT2D eigenvalue weighted by Crippen LogP contribution is -2.16. The molecule has 0 saturated heterocycles. The molecule has 0 aliphatic carbocycles. The first-order valence-corrected chi connectivity index (χ1v) is 7.66. The van der Waals surface area contributed by atoms with Crippen molar-refractivity contribution >= 4 is 11.5 Å². The number of nitrogens with one attached hydrogen (secondary N) is 1. The Labute approximate surface area is 109 Å². The second-order valence-electron chi connectivity index (χ2n) is 4.58. The van der Waals surface area contributed by atoms with E-state index < -0.39 is 0 Å². The van der Waals surface area contributed by atoms with Crippen molar-refractivity contribution in [2.75, 3.05) is 7.05 Å². The lowest BCUT2D eigenvalue weighted by atomic mass is 10.0. The van der Waals surface area contributed by atoms with Crippen LogP contribution in [0.25, 0.3) is 0 Å². The maximum atomic E-state index is 4.13. The van der Waals surface area contributed by atoms with Crippen LogP contribution in [0.1, 0.15) is 70.0 Å². The van der Waals surface area contributed by atoms with Crippen LogP contribution in [0.15, 0.2) is 5.38 Å². The molecule has 1 N–H and O–H groups in total. The summed E-state index contributed by atoms with van der Waals surface area (Å²) in [6.45, 7) is 2.26. The van der Waals surface area contributed by atoms with Gasteiger partial charge in [-0.3, -0.25) is 0 Å². The van der Waals surface area contributed by atoms with Crippen LogP contribution in [0.2, 0.25) is 0 Å². The molecular weight excluding hydrogens is 230 g/mol. The lowest BCUT2D eigenvalue weighted by molar-refractivity contribution is 0.487. The molecule has 1 atom stereocenters. The molecule has 0 saturated carbocycles. The molecule has 1 rings (SSSR count). The van der Waals surface area contributed by atoms with E-state index >= 15 is 0 Å². The van der Waals surface area contributed by atoms with Gasteiger partial charge in [0, 0.05) is 5.38 Å². The van der Waals surface area contributed by atoms with Gasteiger partial charge in [0.25, 0.3) is 0 Å². The molecule has 3 nitrogen and oxygen atoms in total. The SMILES string of the molecule is CCCCCCCCCC(NC)c1csnn1. The molecule has 1 aromatic heterocycles. The summed E-state index contributed by atoms with van der Waals surface area (Å²) in [6, 6.07) is 0.393. The summed E-state index contributed by atoms with van der Waals surface area (Å²) < 4.78 is 3.92. The zero-order chi connectivity index (χ0) is 12.3. The van der Waals surface area contributed by atoms with Crippen molar-refractivity contribution in [1.82, 2.24) is 14.9 Å². The van der Waals surface area contributed by atoms with Crippen LogP contribution in [0.5, 0.6) is 0 Å². The number of unbranched alkanes of at least 4 members (excludes halogenated alkanes) is 6. The molecule has 0 bridgehead atoms. The zero-order valence-electron chi connectivity index (χ0n) is 11.1. The number of nitrogens with zero attached hydrogens (tertiary/aromatic N) is 2. The van der Waals surface area contributed by atoms with Crippen molar-refractivity contribution in [2.45, 2.75) is 64.3 Å². The first-order chi connectivity index (χ1) is 8.38. The van der Waals surface area contributed by atoms with Gasteiger partial charge in [0.05, 0.1) is 11.7 Å². The van der Waals surface area contributed by atoms with E-state index in [1.165, 1.54) is 62.9 Å². The van der Waals surface area contributed by atoms with Crippen LogP contribution >= 0.6 is 11.5 Å². The Morgan fingerprint density at radius 1 is 1.18 bits per heavy atom. The molecule has 0 spiro atoms. The fourth-order valence-electron chi connectivity index (χ4n) is 2.07. The predicted octanol–water partition coefficient (Wildman–Crippen LogP) is 3.94. The molecule has 0 aliphatic heterocycles. The lowest BCUT2D eigenvalue weighted by Gasteiger charge is -2.12. The Morgan fingerprint density at radius 3 is 2.47 bits per heavy atom. The minimum absolute atomic E-state index is 0.393. The highest BCUT2D eigenvalue weighted by atomic mass is 32.1. The molecule has 98 valence electrons. The molecule has 4 heteroatoms. The summed E-state index contributed by atoms with van der Waals surface area (Å²) in [5.74, 6) is 0. The maximum Gasteiger partial charge on any atom is 0.0924 e. The van der Waals surface area contributed by atoms with E-state index in [9.17, 15) is 0 Å². The highest BCUT2D eigenvalue weighted by molar-refractivity contribution is 7.03. The van der Waals surface area contributed by atoms with E-state index in [-0.39, 0.29) is 0 Å². The standard InChI is InChI=1S/C13H25N3S/c1-3-4-5-6-7-8-9-10-12(14-2)13-11-17-16-15-13/h11-12,14H,3-10H2,1-2H3. The summed E-state index contributed by atoms with van der Waals surface area (Å²) in [7, 11) is 2.01. The minimum atomic E-state index is 0.393. The second kappa shape index (κ2) is 9.54. The van der Waals surface area contributed by atoms with E-state index in [1.54, 1.807) is 0 Å². The molecular formula is C13H25N3S. The zero-order valence-corrected chi connectivity index (χ0v) is 11.9. The molecule has 1 heterocycles. The van der Waals surface area contributed by atoms with Gasteiger partial charge in [-0.25, -0.2) is 0 Å². The fraction of sp³-hybridized carbons (Fsp3) is 0.846. The number of hydrogen-bond donors (Lipinski definition) is 1. The molecule has 1 aromatic rings. The summed E-state index contributed by atoms with van der Waals surface area (Å²) in [5.41, 5.74) is 1.10. The van der Waals surface area contributed by atoms with E-state index in [0.29, 0.717) is 6.04 Å². The van der Waals surface area contributed by atoms with Gasteiger partial charge < -0.3 is 5.32 Å². The quantitative estimate of drug-likeness (QED) is 0.643. The summed E-state index contributed by atoms with van der Waals surface area (Å²) in [4.78, 5) is 0. The van der Waals surface area contributed by atoms with E-state index in [0.717, 1.165) is 5.69 Å². The van der Waals surface area contributed by atoms with Gasteiger partial charge >= 0.3 is 0 Å². The molecule has 0 aliphatic rings. The highest BCUT2D eigenvalue weighted by Crippen LogP contribution is 2.19. The van der Waals surface area contributed by atoms with E-state index in [1.807, 2.05) is 12.4 Å². The highest BCUT2D eigenvalue weighted by Gasteiger charge is 2.10. The van der Waals surface area contributed by atoms with Crippen LogP contribution in [0, 0.1) is 0 Å². The molecule has 0 radical (unpaired) electrons. The van der Waals surface area contributed by atoms with Gasteiger partial charge in [0.15, 0.2) is 0 Å². The number of rotatable bonds is 10. The topological polar surface area (TPSA) is 37.8 Å². The minimum Gasteiger partial charge on any atom is -0.312 e. The maximum absolute atomic E-state index is 4.13. The average Bonchev–Trinajstić information content (AvgIpc) is 2.86. The fourth-order valence-corrected chi connectivity index (χ4v) is 2.58. The van der Waals surface area contributed by atoms with Crippen LogP contribution in [-0.2, 0) is 0 Å². The third-order valence-corrected chi connectivity index (χ3v) is 3.70. The van der Waals surface area contributed by atoms with E-state index in [2.05, 4.69) is 21.8 Å². The van der Waals surface area contributed by atoms with Crippen molar-refractivity contribution in [1.29, 1.82) is 0 Å². The van der Waals surface area contributed by atoms with Crippen molar-refractivity contribution in [3.63, 3.8) is 0 Å². The normalized spacial score (nSPS) is 12.8. The van der Waals surface area contributed by atoms with Crippen LogP contribution in [0.3, 0.4) is 0 Å². The molecule has 0 aromatic carbocycles. The summed E-state index contributed by atoms with van der Waals surface area (Å²) >= 11 is 1.43. The third-order valence-electron chi connectivity index (χ3n) is 3.18. The largest absolute Gasteiger partial charge is 0.312 e. The number of aromatic nitrogens is 2. The van der Waals surface area contributed by atoms with Gasteiger partial charge in [-0.1, -0.05) is 56.4 Å². The van der Waals surface area contributed by atoms with Gasteiger partial charge in [0.1, 0.15) is 0 Å². The van der Waals surface area contributed by atoms with E-state index in [4.69, 9.17) is 0 Å². The Hall–Kier alpha value is -0.480. The molecule has 1 unspecified atom stereocenters. The first kappa shape index (κ1) is 14.6. The van der Waals surface area contributed by atoms with Gasteiger partial charge in [-0.05, 0) is 25.0 Å². The second-order valence-corrected chi connectivity index (χ2v) is 5.19. The predicted molar refractivity (Wildman–Crippen MR) is 74.3 cm³/mol. The summed E-state index contributed by atoms with van der Waals surface area (Å²) in [6.07, 6.45) is 10.7. The van der Waals surface area contributed by atoms with Gasteiger partial charge in [0.2, 0.25) is 0 Å². The third kappa shape index (κ3) is 6.13. The van der Waals surface area contributed by atoms with Crippen molar-refractivity contribution < 1.29 is 0 Å². The summed E-state index contributed by atoms with van der Waals surface area (Å²) in [5, 5.41) is 9.50. The Bertz CT molecular complexity index is 262. The monoisotopic (exact) mass is 255 g/mol. The Kier molecular flexibility index (Phi) is 8.18. The average molecular weight is 255 g/mol. The first-order valence-electron chi connectivity index (χ1n) is 6.82. The van der Waals surface area contributed by atoms with Crippen LogP contribution in [0.4, 0.5) is 0 Å². The van der Waals surface area contributed by atoms with Gasteiger partial charge in [-0.2, -0.15) is 0 Å². The van der Waals surface area contributed by atoms with Gasteiger partial charge in [-0.15, -0.1) is 5.10 Å². The molecule has 17 heavy (non-hydrogen) atoms. The van der Waals surface area contributed by atoms with Crippen molar-refractivity contribution in [3.05, 3.63) is 11.1 Å².